The second-order valence-electron chi connectivity index (χ2n) is 4.29. The number of hydrogen-bond donors (Lipinski definition) is 1. The zero-order valence-corrected chi connectivity index (χ0v) is 7.94. The summed E-state index contributed by atoms with van der Waals surface area (Å²) in [6.07, 6.45) is 4.03. The predicted molar refractivity (Wildman–Crippen MR) is 49.1 cm³/mol. The summed E-state index contributed by atoms with van der Waals surface area (Å²) in [5.74, 6) is 0.895. The Morgan fingerprint density at radius 2 is 2.33 bits per heavy atom. The van der Waals surface area contributed by atoms with Crippen LogP contribution in [0.5, 0.6) is 0 Å². The van der Waals surface area contributed by atoms with Gasteiger partial charge in [0.15, 0.2) is 0 Å². The average Bonchev–Trinajstić information content (AvgIpc) is 2.48. The van der Waals surface area contributed by atoms with Gasteiger partial charge in [0, 0.05) is 5.41 Å². The van der Waals surface area contributed by atoms with Crippen molar-refractivity contribution in [2.75, 3.05) is 26.3 Å². The van der Waals surface area contributed by atoms with Gasteiger partial charge in [-0.1, -0.05) is 13.3 Å². The van der Waals surface area contributed by atoms with Gasteiger partial charge in [-0.05, 0) is 31.8 Å². The highest BCUT2D eigenvalue weighted by molar-refractivity contribution is 4.94. The van der Waals surface area contributed by atoms with Crippen LogP contribution in [0.3, 0.4) is 0 Å². The molecule has 1 N–H and O–H groups in total. The second kappa shape index (κ2) is 3.35. The molecule has 2 rings (SSSR count). The molecule has 2 nitrogen and oxygen atoms in total. The van der Waals surface area contributed by atoms with Crippen molar-refractivity contribution in [2.45, 2.75) is 26.2 Å². The van der Waals surface area contributed by atoms with E-state index in [1.54, 1.807) is 0 Å². The molecule has 0 aromatic rings. The summed E-state index contributed by atoms with van der Waals surface area (Å²) in [6, 6.07) is 0. The molecule has 0 aliphatic carbocycles. The molecule has 0 amide bonds. The molecule has 2 saturated heterocycles. The second-order valence-corrected chi connectivity index (χ2v) is 4.29. The van der Waals surface area contributed by atoms with E-state index in [4.69, 9.17) is 4.74 Å². The molecule has 0 bridgehead atoms. The fourth-order valence-corrected chi connectivity index (χ4v) is 2.62. The van der Waals surface area contributed by atoms with Gasteiger partial charge >= 0.3 is 0 Å². The molecule has 2 aliphatic rings. The Labute approximate surface area is 74.7 Å². The maximum absolute atomic E-state index is 5.38. The molecular formula is C10H19NO. The van der Waals surface area contributed by atoms with Crippen molar-refractivity contribution < 1.29 is 4.74 Å². The van der Waals surface area contributed by atoms with Gasteiger partial charge in [-0.2, -0.15) is 0 Å². The lowest BCUT2D eigenvalue weighted by Gasteiger charge is -2.46. The third-order valence-corrected chi connectivity index (χ3v) is 3.45. The Balaban J connectivity index is 1.95. The maximum atomic E-state index is 5.38. The molecule has 2 heteroatoms. The lowest BCUT2D eigenvalue weighted by Crippen LogP contribution is -2.49. The topological polar surface area (TPSA) is 21.3 Å². The third kappa shape index (κ3) is 1.27. The zero-order chi connectivity index (χ0) is 8.44. The van der Waals surface area contributed by atoms with Crippen LogP contribution in [0, 0.1) is 11.3 Å². The van der Waals surface area contributed by atoms with Gasteiger partial charge in [0.2, 0.25) is 0 Å². The van der Waals surface area contributed by atoms with Crippen molar-refractivity contribution in [1.82, 2.24) is 5.32 Å². The summed E-state index contributed by atoms with van der Waals surface area (Å²) in [7, 11) is 0. The van der Waals surface area contributed by atoms with Crippen molar-refractivity contribution in [1.29, 1.82) is 0 Å². The molecule has 2 heterocycles. The Bertz CT molecular complexity index is 148. The first-order chi connectivity index (χ1) is 5.87. The molecule has 12 heavy (non-hydrogen) atoms. The fraction of sp³-hybridized carbons (Fsp3) is 1.00. The van der Waals surface area contributed by atoms with Crippen LogP contribution in [0.1, 0.15) is 26.2 Å². The van der Waals surface area contributed by atoms with Crippen molar-refractivity contribution in [2.24, 2.45) is 11.3 Å². The molecule has 2 fully saturated rings. The summed E-state index contributed by atoms with van der Waals surface area (Å²) in [5, 5.41) is 3.45. The van der Waals surface area contributed by atoms with Gasteiger partial charge < -0.3 is 10.1 Å². The minimum absolute atomic E-state index is 0.568. The standard InChI is InChI=1S/C10H19NO/c1-2-4-10(7-12-8-10)9-3-5-11-6-9/h9,11H,2-8H2,1H3. The van der Waals surface area contributed by atoms with Crippen LogP contribution < -0.4 is 5.32 Å². The fourth-order valence-electron chi connectivity index (χ4n) is 2.62. The molecule has 70 valence electrons. The van der Waals surface area contributed by atoms with Crippen LogP contribution in [0.2, 0.25) is 0 Å². The highest BCUT2D eigenvalue weighted by Crippen LogP contribution is 2.42. The molecule has 0 saturated carbocycles. The monoisotopic (exact) mass is 169 g/mol. The van der Waals surface area contributed by atoms with E-state index in [9.17, 15) is 0 Å². The van der Waals surface area contributed by atoms with Crippen LogP contribution in [-0.4, -0.2) is 26.3 Å². The van der Waals surface area contributed by atoms with Crippen LogP contribution >= 0.6 is 0 Å². The minimum atomic E-state index is 0.568. The van der Waals surface area contributed by atoms with Gasteiger partial charge in [0.1, 0.15) is 0 Å². The van der Waals surface area contributed by atoms with E-state index in [0.717, 1.165) is 19.1 Å². The van der Waals surface area contributed by atoms with Crippen LogP contribution in [-0.2, 0) is 4.74 Å². The molecule has 0 aromatic carbocycles. The molecule has 0 aromatic heterocycles. The van der Waals surface area contributed by atoms with Gasteiger partial charge in [0.25, 0.3) is 0 Å². The van der Waals surface area contributed by atoms with Crippen LogP contribution in [0.4, 0.5) is 0 Å². The van der Waals surface area contributed by atoms with Crippen molar-refractivity contribution >= 4 is 0 Å². The quantitative estimate of drug-likeness (QED) is 0.689. The highest BCUT2D eigenvalue weighted by atomic mass is 16.5. The third-order valence-electron chi connectivity index (χ3n) is 3.45. The maximum Gasteiger partial charge on any atom is 0.0547 e. The zero-order valence-electron chi connectivity index (χ0n) is 7.94. The smallest absolute Gasteiger partial charge is 0.0547 e. The van der Waals surface area contributed by atoms with Crippen molar-refractivity contribution in [3.05, 3.63) is 0 Å². The number of nitrogens with one attached hydrogen (secondary N) is 1. The predicted octanol–water partition coefficient (Wildman–Crippen LogP) is 1.41. The SMILES string of the molecule is CCCC1(C2CCNC2)COC1. The molecule has 0 radical (unpaired) electrons. The van der Waals surface area contributed by atoms with Crippen LogP contribution in [0.25, 0.3) is 0 Å². The first-order valence-corrected chi connectivity index (χ1v) is 5.16. The average molecular weight is 169 g/mol. The Hall–Kier alpha value is -0.0800. The van der Waals surface area contributed by atoms with E-state index < -0.39 is 0 Å². The van der Waals surface area contributed by atoms with Crippen molar-refractivity contribution in [3.8, 4) is 0 Å². The summed E-state index contributed by atoms with van der Waals surface area (Å²) in [6.45, 7) is 6.77. The molecular weight excluding hydrogens is 150 g/mol. The van der Waals surface area contributed by atoms with Gasteiger partial charge in [-0.3, -0.25) is 0 Å². The number of rotatable bonds is 3. The number of hydrogen-bond acceptors (Lipinski definition) is 2. The molecule has 2 aliphatic heterocycles. The summed E-state index contributed by atoms with van der Waals surface area (Å²) >= 11 is 0. The first-order valence-electron chi connectivity index (χ1n) is 5.16. The van der Waals surface area contributed by atoms with E-state index in [0.29, 0.717) is 5.41 Å². The lowest BCUT2D eigenvalue weighted by atomic mass is 9.70. The molecule has 1 atom stereocenters. The van der Waals surface area contributed by atoms with E-state index in [1.165, 1.54) is 32.4 Å². The summed E-state index contributed by atoms with van der Waals surface area (Å²) in [4.78, 5) is 0. The Kier molecular flexibility index (Phi) is 2.37. The van der Waals surface area contributed by atoms with E-state index in [2.05, 4.69) is 12.2 Å². The summed E-state index contributed by atoms with van der Waals surface area (Å²) in [5.41, 5.74) is 0.568. The number of ether oxygens (including phenoxy) is 1. The van der Waals surface area contributed by atoms with Gasteiger partial charge in [-0.15, -0.1) is 0 Å². The van der Waals surface area contributed by atoms with Gasteiger partial charge in [0.05, 0.1) is 13.2 Å². The van der Waals surface area contributed by atoms with E-state index >= 15 is 0 Å². The summed E-state index contributed by atoms with van der Waals surface area (Å²) < 4.78 is 5.38. The molecule has 1 unspecified atom stereocenters. The Morgan fingerprint density at radius 1 is 1.50 bits per heavy atom. The van der Waals surface area contributed by atoms with Crippen LogP contribution in [0.15, 0.2) is 0 Å². The minimum Gasteiger partial charge on any atom is -0.380 e. The van der Waals surface area contributed by atoms with Crippen molar-refractivity contribution in [3.63, 3.8) is 0 Å². The van der Waals surface area contributed by atoms with E-state index in [1.807, 2.05) is 0 Å². The first kappa shape index (κ1) is 8.52. The lowest BCUT2D eigenvalue weighted by molar-refractivity contribution is -0.146. The largest absolute Gasteiger partial charge is 0.380 e. The normalized spacial score (nSPS) is 33.2. The highest BCUT2D eigenvalue weighted by Gasteiger charge is 2.45. The molecule has 0 spiro atoms. The van der Waals surface area contributed by atoms with Gasteiger partial charge in [-0.25, -0.2) is 0 Å². The Morgan fingerprint density at radius 3 is 2.75 bits per heavy atom. The van der Waals surface area contributed by atoms with E-state index in [-0.39, 0.29) is 0 Å².